The predicted molar refractivity (Wildman–Crippen MR) is 83.2 cm³/mol. The monoisotopic (exact) mass is 304 g/mol. The standard InChI is InChI=1S/C15H24N4O2/c1-12(11-15(20)17-16)18-7-9-19(10-8-18)13-5-3-4-6-14(13)21-2/h3-6,12H,7-11,16H2,1-2H3,(H,17,20)/i1D3,7D2,9D2,10D2,11D2,12D. The van der Waals surface area contributed by atoms with Crippen molar-refractivity contribution in [1.82, 2.24) is 10.3 Å². The van der Waals surface area contributed by atoms with Crippen molar-refractivity contribution in [2.24, 2.45) is 5.84 Å². The van der Waals surface area contributed by atoms with Gasteiger partial charge in [0.15, 0.2) is 0 Å². The number of nitrogens with one attached hydrogen (secondary N) is 1. The second-order valence-corrected chi connectivity index (χ2v) is 3.92. The van der Waals surface area contributed by atoms with Crippen molar-refractivity contribution in [3.05, 3.63) is 24.3 Å². The average molecular weight is 304 g/mol. The summed E-state index contributed by atoms with van der Waals surface area (Å²) in [6.45, 7) is -14.9. The molecule has 21 heavy (non-hydrogen) atoms. The van der Waals surface area contributed by atoms with Gasteiger partial charge >= 0.3 is 0 Å². The Morgan fingerprint density at radius 2 is 2.43 bits per heavy atom. The molecule has 1 aromatic rings. The van der Waals surface area contributed by atoms with Gasteiger partial charge in [-0.05, 0) is 19.0 Å². The molecule has 0 saturated carbocycles. The van der Waals surface area contributed by atoms with E-state index >= 15 is 0 Å². The zero-order chi connectivity index (χ0) is 25.8. The van der Waals surface area contributed by atoms with Gasteiger partial charge in [0.2, 0.25) is 5.91 Å². The van der Waals surface area contributed by atoms with Gasteiger partial charge in [0.1, 0.15) is 5.75 Å². The van der Waals surface area contributed by atoms with Gasteiger partial charge in [0, 0.05) is 49.4 Å². The molecule has 1 fully saturated rings. The maximum Gasteiger partial charge on any atom is 0.235 e. The Balaban J connectivity index is 2.83. The first-order chi connectivity index (χ1) is 14.7. The third-order valence-electron chi connectivity index (χ3n) is 2.64. The van der Waals surface area contributed by atoms with Crippen molar-refractivity contribution >= 4 is 11.6 Å². The molecule has 6 heteroatoms. The molecule has 6 nitrogen and oxygen atoms in total. The van der Waals surface area contributed by atoms with E-state index in [-0.39, 0.29) is 16.3 Å². The zero-order valence-electron chi connectivity index (χ0n) is 23.3. The van der Waals surface area contributed by atoms with Crippen LogP contribution in [0.25, 0.3) is 0 Å². The van der Waals surface area contributed by atoms with E-state index in [1.54, 1.807) is 0 Å². The Kier molecular flexibility index (Phi) is 2.13. The van der Waals surface area contributed by atoms with Crippen molar-refractivity contribution in [3.63, 3.8) is 0 Å². The highest BCUT2D eigenvalue weighted by atomic mass is 16.5. The van der Waals surface area contributed by atoms with Crippen molar-refractivity contribution in [3.8, 4) is 5.75 Å². The number of nitrogens with two attached hydrogens (primary N) is 1. The quantitative estimate of drug-likeness (QED) is 0.473. The Hall–Kier alpha value is -1.79. The van der Waals surface area contributed by atoms with E-state index in [0.717, 1.165) is 0 Å². The number of nitrogens with zero attached hydrogens (tertiary/aromatic N) is 2. The van der Waals surface area contributed by atoms with E-state index < -0.39 is 51.2 Å². The maximum atomic E-state index is 12.1. The number of carbonyl (C=O) groups is 1. The lowest BCUT2D eigenvalue weighted by Crippen LogP contribution is -2.50. The summed E-state index contributed by atoms with van der Waals surface area (Å²) in [4.78, 5) is 12.4. The molecule has 1 unspecified atom stereocenters. The van der Waals surface area contributed by atoms with Gasteiger partial charge in [0.25, 0.3) is 0 Å². The fraction of sp³-hybridized carbons (Fsp3) is 0.533. The van der Waals surface area contributed by atoms with E-state index in [2.05, 4.69) is 0 Å². The second-order valence-electron chi connectivity index (χ2n) is 3.92. The summed E-state index contributed by atoms with van der Waals surface area (Å²) in [5, 5.41) is 0. The number of hydrogen-bond donors (Lipinski definition) is 2. The Morgan fingerprint density at radius 1 is 1.62 bits per heavy atom. The van der Waals surface area contributed by atoms with Crippen molar-refractivity contribution < 1.29 is 26.0 Å². The molecule has 0 bridgehead atoms. The molecule has 1 heterocycles. The van der Waals surface area contributed by atoms with Crippen LogP contribution in [-0.2, 0) is 4.79 Å². The number of piperazine rings is 1. The fourth-order valence-corrected chi connectivity index (χ4v) is 1.64. The van der Waals surface area contributed by atoms with E-state index in [1.165, 1.54) is 36.8 Å². The third kappa shape index (κ3) is 3.86. The van der Waals surface area contributed by atoms with Crippen LogP contribution < -0.4 is 20.9 Å². The highest BCUT2D eigenvalue weighted by Gasteiger charge is 2.23. The molecule has 116 valence electrons. The summed E-state index contributed by atoms with van der Waals surface area (Å²) in [6, 6.07) is 1.79. The second kappa shape index (κ2) is 7.28. The van der Waals surface area contributed by atoms with Crippen LogP contribution in [0.3, 0.4) is 0 Å². The van der Waals surface area contributed by atoms with Crippen LogP contribution >= 0.6 is 0 Å². The van der Waals surface area contributed by atoms with Crippen LogP contribution in [0.1, 0.15) is 29.7 Å². The largest absolute Gasteiger partial charge is 0.495 e. The number of methoxy groups -OCH3 is 1. The summed E-state index contributed by atoms with van der Waals surface area (Å²) in [5.41, 5.74) is 1.19. The van der Waals surface area contributed by atoms with Gasteiger partial charge in [-0.2, -0.15) is 0 Å². The van der Waals surface area contributed by atoms with Gasteiger partial charge in [-0.3, -0.25) is 15.1 Å². The van der Waals surface area contributed by atoms with E-state index in [4.69, 9.17) is 27.0 Å². The minimum Gasteiger partial charge on any atom is -0.495 e. The number of rotatable bonds is 5. The maximum absolute atomic E-state index is 12.1. The van der Waals surface area contributed by atoms with Crippen molar-refractivity contribution in [2.45, 2.75) is 19.2 Å². The molecule has 1 aliphatic rings. The minimum atomic E-state index is -3.79. The molecule has 0 radical (unpaired) electrons. The molecule has 1 amide bonds. The topological polar surface area (TPSA) is 70.8 Å². The molecule has 0 aliphatic carbocycles. The number of carbonyl (C=O) groups excluding carboxylic acids is 1. The summed E-state index contributed by atoms with van der Waals surface area (Å²) in [7, 11) is 1.23. The smallest absolute Gasteiger partial charge is 0.235 e. The first kappa shape index (κ1) is 6.14. The number of hydrogen-bond acceptors (Lipinski definition) is 5. The van der Waals surface area contributed by atoms with Crippen molar-refractivity contribution in [1.29, 1.82) is 0 Å². The van der Waals surface area contributed by atoms with Gasteiger partial charge in [-0.1, -0.05) is 12.1 Å². The highest BCUT2D eigenvalue weighted by molar-refractivity contribution is 5.75. The zero-order valence-corrected chi connectivity index (χ0v) is 11.3. The van der Waals surface area contributed by atoms with Crippen LogP contribution in [0.2, 0.25) is 0 Å². The molecule has 1 aliphatic heterocycles. The molecule has 1 atom stereocenters. The fourth-order valence-electron chi connectivity index (χ4n) is 1.64. The van der Waals surface area contributed by atoms with Gasteiger partial charge in [-0.15, -0.1) is 0 Å². The van der Waals surface area contributed by atoms with Crippen LogP contribution in [0, 0.1) is 0 Å². The molecule has 3 N–H and O–H groups in total. The normalized spacial score (nSPS) is 35.8. The van der Waals surface area contributed by atoms with Crippen LogP contribution in [0.15, 0.2) is 24.3 Å². The highest BCUT2D eigenvalue weighted by Crippen LogP contribution is 2.28. The minimum absolute atomic E-state index is 0.0136. The first-order valence-corrected chi connectivity index (χ1v) is 5.97. The lowest BCUT2D eigenvalue weighted by molar-refractivity contribution is -0.122. The average Bonchev–Trinajstić information content (AvgIpc) is 2.68. The Labute approximate surface area is 142 Å². The number of amides is 1. The Bertz CT molecular complexity index is 909. The predicted octanol–water partition coefficient (Wildman–Crippen LogP) is 0.586. The third-order valence-corrected chi connectivity index (χ3v) is 2.64. The Morgan fingerprint density at radius 3 is 3.14 bits per heavy atom. The summed E-state index contributed by atoms with van der Waals surface area (Å²) >= 11 is 0. The first-order valence-electron chi connectivity index (χ1n) is 12.0. The molecular formula is C15H24N4O2. The molecule has 2 rings (SSSR count). The van der Waals surface area contributed by atoms with Gasteiger partial charge in [-0.25, -0.2) is 5.84 Å². The van der Waals surface area contributed by atoms with E-state index in [1.807, 2.05) is 0 Å². The van der Waals surface area contributed by atoms with Gasteiger partial charge < -0.3 is 9.64 Å². The van der Waals surface area contributed by atoms with Crippen LogP contribution in [-0.4, -0.2) is 50.0 Å². The molecular weight excluding hydrogens is 268 g/mol. The summed E-state index contributed by atoms with van der Waals surface area (Å²) < 4.78 is 104. The number of anilines is 1. The molecule has 1 saturated heterocycles. The number of benzene rings is 1. The number of ether oxygens (including phenoxy) is 1. The molecule has 0 aromatic heterocycles. The van der Waals surface area contributed by atoms with Crippen LogP contribution in [0.4, 0.5) is 5.69 Å². The summed E-state index contributed by atoms with van der Waals surface area (Å²) in [5.74, 6) is 3.15. The van der Waals surface area contributed by atoms with Crippen LogP contribution in [0.5, 0.6) is 5.75 Å². The van der Waals surface area contributed by atoms with Gasteiger partial charge in [0.05, 0.1) is 18.3 Å². The lowest BCUT2D eigenvalue weighted by atomic mass is 10.1. The SMILES string of the molecule is [2H]C1([2H])CN(C([2H])(C([2H])([2H])[2H])C([2H])([2H])C(=O)NN)C([2H])([2H])C([2H])([2H])N1c1ccccc1OC. The van der Waals surface area contributed by atoms with E-state index in [9.17, 15) is 4.79 Å². The lowest BCUT2D eigenvalue weighted by Gasteiger charge is -2.39. The molecule has 1 aromatic carbocycles. The number of para-hydroxylation sites is 2. The molecule has 0 spiro atoms. The summed E-state index contributed by atoms with van der Waals surface area (Å²) in [6.07, 6.45) is -3.72. The van der Waals surface area contributed by atoms with Crippen molar-refractivity contribution in [2.75, 3.05) is 38.0 Å². The van der Waals surface area contributed by atoms with E-state index in [0.29, 0.717) is 4.90 Å². The number of hydrazine groups is 1.